The zero-order valence-corrected chi connectivity index (χ0v) is 27.0. The van der Waals surface area contributed by atoms with Gasteiger partial charge in [0.1, 0.15) is 42.4 Å². The molecule has 5 aromatic rings. The van der Waals surface area contributed by atoms with Gasteiger partial charge in [0.25, 0.3) is 0 Å². The Morgan fingerprint density at radius 2 is 1.94 bits per heavy atom. The second-order valence-electron chi connectivity index (χ2n) is 11.2. The third-order valence-electron chi connectivity index (χ3n) is 7.85. The highest BCUT2D eigenvalue weighted by Gasteiger charge is 2.19. The van der Waals surface area contributed by atoms with Crippen molar-refractivity contribution in [1.82, 2.24) is 15.6 Å². The van der Waals surface area contributed by atoms with E-state index in [1.165, 1.54) is 6.20 Å². The van der Waals surface area contributed by atoms with Crippen molar-refractivity contribution < 1.29 is 23.8 Å². The van der Waals surface area contributed by atoms with Crippen LogP contribution in [0.1, 0.15) is 40.7 Å². The van der Waals surface area contributed by atoms with E-state index >= 15 is 0 Å². The van der Waals surface area contributed by atoms with Crippen molar-refractivity contribution >= 4 is 34.5 Å². The Kier molecular flexibility index (Phi) is 11.1. The SMILES string of the molecule is Cc1c(COc2cc(OCc3cncc(C#N)c3)c(CNC(CCCNC(=N)N)C(=O)O)cc2Cl)cccc1-c1ccc2occc2c1. The number of rotatable bonds is 15. The minimum atomic E-state index is -1.01. The fourth-order valence-electron chi connectivity index (χ4n) is 5.27. The number of guanidine groups is 1. The van der Waals surface area contributed by atoms with Crippen LogP contribution < -0.4 is 25.8 Å². The van der Waals surface area contributed by atoms with Crippen molar-refractivity contribution in [3.63, 3.8) is 0 Å². The number of nitrogens with one attached hydrogen (secondary N) is 3. The van der Waals surface area contributed by atoms with E-state index in [1.807, 2.05) is 30.3 Å². The average Bonchev–Trinajstić information content (AvgIpc) is 3.55. The van der Waals surface area contributed by atoms with Gasteiger partial charge in [-0.1, -0.05) is 35.9 Å². The summed E-state index contributed by atoms with van der Waals surface area (Å²) in [6.07, 6.45) is 5.55. The molecule has 48 heavy (non-hydrogen) atoms. The van der Waals surface area contributed by atoms with E-state index in [0.29, 0.717) is 52.6 Å². The molecular formula is C36H35ClN6O5. The first-order chi connectivity index (χ1) is 23.2. The second kappa shape index (κ2) is 15.8. The molecule has 1 unspecified atom stereocenters. The predicted molar refractivity (Wildman–Crippen MR) is 183 cm³/mol. The molecule has 246 valence electrons. The first kappa shape index (κ1) is 33.8. The number of hydrogen-bond donors (Lipinski definition) is 5. The summed E-state index contributed by atoms with van der Waals surface area (Å²) >= 11 is 6.73. The van der Waals surface area contributed by atoms with Gasteiger partial charge in [0.15, 0.2) is 5.96 Å². The lowest BCUT2D eigenvalue weighted by Crippen LogP contribution is -2.37. The molecule has 0 radical (unpaired) electrons. The molecular weight excluding hydrogens is 632 g/mol. The minimum absolute atomic E-state index is 0.109. The zero-order valence-electron chi connectivity index (χ0n) is 26.3. The number of ether oxygens (including phenoxy) is 2. The summed E-state index contributed by atoms with van der Waals surface area (Å²) in [5.41, 5.74) is 12.1. The van der Waals surface area contributed by atoms with Gasteiger partial charge in [-0.15, -0.1) is 0 Å². The maximum atomic E-state index is 12.0. The number of pyridine rings is 1. The monoisotopic (exact) mass is 666 g/mol. The lowest BCUT2D eigenvalue weighted by Gasteiger charge is -2.19. The summed E-state index contributed by atoms with van der Waals surface area (Å²) in [7, 11) is 0. The molecule has 0 aliphatic heterocycles. The second-order valence-corrected chi connectivity index (χ2v) is 11.6. The molecule has 6 N–H and O–H groups in total. The number of nitrogens with two attached hydrogens (primary N) is 1. The maximum absolute atomic E-state index is 12.0. The molecule has 3 aromatic carbocycles. The number of nitrogens with zero attached hydrogens (tertiary/aromatic N) is 2. The summed E-state index contributed by atoms with van der Waals surface area (Å²) in [6.45, 7) is 2.93. The largest absolute Gasteiger partial charge is 0.488 e. The molecule has 0 fully saturated rings. The van der Waals surface area contributed by atoms with Crippen LogP contribution in [0.4, 0.5) is 0 Å². The number of carbonyl (C=O) groups is 1. The number of furan rings is 1. The third kappa shape index (κ3) is 8.61. The van der Waals surface area contributed by atoms with Gasteiger partial charge in [0.05, 0.1) is 16.8 Å². The number of hydrogen-bond acceptors (Lipinski definition) is 8. The molecule has 0 amide bonds. The van der Waals surface area contributed by atoms with Gasteiger partial charge in [-0.3, -0.25) is 15.2 Å². The molecule has 2 heterocycles. The lowest BCUT2D eigenvalue weighted by atomic mass is 9.96. The Hall–Kier alpha value is -5.57. The molecule has 0 saturated carbocycles. The van der Waals surface area contributed by atoms with Crippen molar-refractivity contribution in [2.24, 2.45) is 5.73 Å². The number of halogens is 1. The number of fused-ring (bicyclic) bond motifs is 1. The number of aliphatic carboxylic acids is 1. The number of nitriles is 1. The van der Waals surface area contributed by atoms with Crippen LogP contribution in [0.25, 0.3) is 22.1 Å². The highest BCUT2D eigenvalue weighted by Crippen LogP contribution is 2.35. The smallest absolute Gasteiger partial charge is 0.320 e. The number of carboxylic acids is 1. The summed E-state index contributed by atoms with van der Waals surface area (Å²) in [6, 6.07) is 20.4. The minimum Gasteiger partial charge on any atom is -0.488 e. The van der Waals surface area contributed by atoms with Crippen LogP contribution in [-0.2, 0) is 24.6 Å². The van der Waals surface area contributed by atoms with Crippen LogP contribution in [0.3, 0.4) is 0 Å². The number of carboxylic acid groups (broad SMARTS) is 1. The summed E-state index contributed by atoms with van der Waals surface area (Å²) in [4.78, 5) is 16.1. The summed E-state index contributed by atoms with van der Waals surface area (Å²) < 4.78 is 17.9. The van der Waals surface area contributed by atoms with E-state index in [1.54, 1.807) is 30.7 Å². The molecule has 5 rings (SSSR count). The highest BCUT2D eigenvalue weighted by molar-refractivity contribution is 6.32. The van der Waals surface area contributed by atoms with Crippen LogP contribution in [-0.4, -0.2) is 34.6 Å². The van der Waals surface area contributed by atoms with Crippen LogP contribution in [0.2, 0.25) is 5.02 Å². The average molecular weight is 667 g/mol. The fourth-order valence-corrected chi connectivity index (χ4v) is 5.51. The van der Waals surface area contributed by atoms with Gasteiger partial charge in [-0.25, -0.2) is 0 Å². The van der Waals surface area contributed by atoms with E-state index < -0.39 is 12.0 Å². The molecule has 0 spiro atoms. The Balaban J connectivity index is 1.35. The Labute approximate surface area is 282 Å². The van der Waals surface area contributed by atoms with Crippen LogP contribution in [0.5, 0.6) is 11.5 Å². The fraction of sp³-hybridized carbons (Fsp3) is 0.222. The summed E-state index contributed by atoms with van der Waals surface area (Å²) in [5, 5.41) is 33.5. The highest BCUT2D eigenvalue weighted by atomic mass is 35.5. The molecule has 0 bridgehead atoms. The molecule has 1 atom stereocenters. The standard InChI is InChI=1S/C36H35ClN6O5/c1-22-27(4-2-5-29(22)25-7-8-32-26(13-25)9-11-46-32)21-48-34-15-33(47-20-24-12-23(16-38)17-41-18-24)28(14-30(34)37)19-43-31(35(44)45)6-3-10-42-36(39)40/h2,4-5,7-9,11-15,17-18,31,43H,3,6,10,19-21H2,1H3,(H,44,45)(H4,39,40,42). The van der Waals surface area contributed by atoms with Crippen LogP contribution in [0.15, 0.2) is 83.7 Å². The normalized spacial score (nSPS) is 11.5. The van der Waals surface area contributed by atoms with E-state index in [-0.39, 0.29) is 25.7 Å². The molecule has 12 heteroatoms. The van der Waals surface area contributed by atoms with E-state index in [4.69, 9.17) is 36.6 Å². The van der Waals surface area contributed by atoms with E-state index in [9.17, 15) is 15.2 Å². The summed E-state index contributed by atoms with van der Waals surface area (Å²) in [5.74, 6) is -0.341. The van der Waals surface area contributed by atoms with Gasteiger partial charge in [-0.05, 0) is 72.4 Å². The van der Waals surface area contributed by atoms with Crippen molar-refractivity contribution in [2.75, 3.05) is 6.54 Å². The first-order valence-corrected chi connectivity index (χ1v) is 15.6. The molecule has 0 aliphatic rings. The van der Waals surface area contributed by atoms with Gasteiger partial charge in [-0.2, -0.15) is 5.26 Å². The lowest BCUT2D eigenvalue weighted by molar-refractivity contribution is -0.139. The van der Waals surface area contributed by atoms with Gasteiger partial charge < -0.3 is 35.4 Å². The van der Waals surface area contributed by atoms with E-state index in [2.05, 4.69) is 40.7 Å². The molecule has 11 nitrogen and oxygen atoms in total. The predicted octanol–water partition coefficient (Wildman–Crippen LogP) is 6.29. The molecule has 0 aliphatic carbocycles. The van der Waals surface area contributed by atoms with Crippen LogP contribution in [0, 0.1) is 23.7 Å². The van der Waals surface area contributed by atoms with E-state index in [0.717, 1.165) is 33.2 Å². The maximum Gasteiger partial charge on any atom is 0.320 e. The van der Waals surface area contributed by atoms with Gasteiger partial charge in [0.2, 0.25) is 0 Å². The van der Waals surface area contributed by atoms with Gasteiger partial charge >= 0.3 is 5.97 Å². The quantitative estimate of drug-likeness (QED) is 0.0484. The Bertz CT molecular complexity index is 1970. The Morgan fingerprint density at radius 3 is 2.73 bits per heavy atom. The van der Waals surface area contributed by atoms with Crippen molar-refractivity contribution in [3.05, 3.63) is 112 Å². The van der Waals surface area contributed by atoms with Crippen molar-refractivity contribution in [3.8, 4) is 28.7 Å². The van der Waals surface area contributed by atoms with Crippen molar-refractivity contribution in [2.45, 2.75) is 45.6 Å². The molecule has 0 saturated heterocycles. The van der Waals surface area contributed by atoms with Crippen molar-refractivity contribution in [1.29, 1.82) is 10.7 Å². The number of aromatic nitrogens is 1. The zero-order chi connectivity index (χ0) is 34.0. The topological polar surface area (TPSA) is 180 Å². The van der Waals surface area contributed by atoms with Gasteiger partial charge in [0, 0.05) is 48.1 Å². The first-order valence-electron chi connectivity index (χ1n) is 15.2. The molecule has 2 aromatic heterocycles. The Morgan fingerprint density at radius 1 is 1.10 bits per heavy atom. The third-order valence-corrected chi connectivity index (χ3v) is 8.14. The van der Waals surface area contributed by atoms with Crippen LogP contribution >= 0.6 is 11.6 Å². The number of benzene rings is 3.